The van der Waals surface area contributed by atoms with Gasteiger partial charge in [-0.15, -0.1) is 0 Å². The first-order valence-electron chi connectivity index (χ1n) is 2.90. The first-order valence-corrected chi connectivity index (χ1v) is 3.28. The van der Waals surface area contributed by atoms with Crippen LogP contribution >= 0.6 is 11.6 Å². The number of aryl methyl sites for hydroxylation is 1. The van der Waals surface area contributed by atoms with Crippen molar-refractivity contribution >= 4 is 17.3 Å². The second-order valence-electron chi connectivity index (χ2n) is 2.07. The zero-order chi connectivity index (χ0) is 7.56. The molecule has 0 spiro atoms. The van der Waals surface area contributed by atoms with Crippen molar-refractivity contribution in [1.82, 2.24) is 0 Å². The summed E-state index contributed by atoms with van der Waals surface area (Å²) in [4.78, 5) is 0. The minimum Gasteiger partial charge on any atom is -0.291 e. The number of benzene rings is 1. The quantitative estimate of drug-likeness (QED) is 0.614. The van der Waals surface area contributed by atoms with E-state index >= 15 is 0 Å². The lowest BCUT2D eigenvalue weighted by atomic mass is 10.2. The summed E-state index contributed by atoms with van der Waals surface area (Å²) in [6.07, 6.45) is 0. The number of hydrogen-bond acceptors (Lipinski definition) is 2. The van der Waals surface area contributed by atoms with Crippen LogP contribution in [0.5, 0.6) is 0 Å². The Labute approximate surface area is 64.4 Å². The molecule has 0 bridgehead atoms. The Morgan fingerprint density at radius 3 is 2.70 bits per heavy atom. The minimum absolute atomic E-state index is 0.677. The van der Waals surface area contributed by atoms with Crippen molar-refractivity contribution in [2.75, 3.05) is 5.48 Å². The van der Waals surface area contributed by atoms with Crippen LogP contribution in [-0.2, 0) is 0 Å². The van der Waals surface area contributed by atoms with Crippen LogP contribution < -0.4 is 5.48 Å². The van der Waals surface area contributed by atoms with Crippen molar-refractivity contribution in [3.05, 3.63) is 28.8 Å². The predicted molar refractivity (Wildman–Crippen MR) is 41.6 cm³/mol. The molecule has 0 atom stereocenters. The molecule has 0 saturated carbocycles. The Bertz CT molecular complexity index is 237. The Balaban J connectivity index is 3.07. The third-order valence-corrected chi connectivity index (χ3v) is 1.54. The van der Waals surface area contributed by atoms with Crippen LogP contribution in [0.25, 0.3) is 0 Å². The highest BCUT2D eigenvalue weighted by atomic mass is 35.5. The largest absolute Gasteiger partial charge is 0.291 e. The van der Waals surface area contributed by atoms with Crippen LogP contribution in [0.4, 0.5) is 5.69 Å². The average Bonchev–Trinajstić information content (AvgIpc) is 1.88. The molecule has 0 aliphatic carbocycles. The molecule has 0 radical (unpaired) electrons. The first-order chi connectivity index (χ1) is 4.74. The van der Waals surface area contributed by atoms with Crippen molar-refractivity contribution in [3.8, 4) is 0 Å². The van der Waals surface area contributed by atoms with Crippen LogP contribution in [0.15, 0.2) is 18.2 Å². The van der Waals surface area contributed by atoms with Gasteiger partial charge in [0.1, 0.15) is 0 Å². The highest BCUT2D eigenvalue weighted by Gasteiger charge is 1.94. The molecule has 0 saturated heterocycles. The van der Waals surface area contributed by atoms with E-state index in [2.05, 4.69) is 5.48 Å². The fourth-order valence-electron chi connectivity index (χ4n) is 0.753. The molecule has 2 nitrogen and oxygen atoms in total. The van der Waals surface area contributed by atoms with Crippen molar-refractivity contribution in [1.29, 1.82) is 0 Å². The van der Waals surface area contributed by atoms with Crippen LogP contribution in [0.2, 0.25) is 5.02 Å². The summed E-state index contributed by atoms with van der Waals surface area (Å²) in [7, 11) is 0. The molecular formula is C7H8ClNO. The summed E-state index contributed by atoms with van der Waals surface area (Å²) in [5, 5.41) is 9.19. The van der Waals surface area contributed by atoms with Gasteiger partial charge in [0.25, 0.3) is 0 Å². The maximum Gasteiger partial charge on any atom is 0.0632 e. The van der Waals surface area contributed by atoms with Gasteiger partial charge in [0.2, 0.25) is 0 Å². The van der Waals surface area contributed by atoms with Crippen LogP contribution in [0.1, 0.15) is 5.56 Å². The van der Waals surface area contributed by atoms with E-state index in [1.54, 1.807) is 18.2 Å². The number of anilines is 1. The van der Waals surface area contributed by atoms with Gasteiger partial charge in [-0.2, -0.15) is 0 Å². The molecule has 0 amide bonds. The smallest absolute Gasteiger partial charge is 0.0632 e. The molecule has 0 aromatic heterocycles. The fraction of sp³-hybridized carbons (Fsp3) is 0.143. The maximum atomic E-state index is 8.52. The lowest BCUT2D eigenvalue weighted by molar-refractivity contribution is 0.388. The van der Waals surface area contributed by atoms with E-state index in [1.807, 2.05) is 6.92 Å². The molecule has 10 heavy (non-hydrogen) atoms. The summed E-state index contributed by atoms with van der Waals surface area (Å²) in [6, 6.07) is 5.21. The fourth-order valence-corrected chi connectivity index (χ4v) is 0.979. The van der Waals surface area contributed by atoms with Gasteiger partial charge in [-0.25, -0.2) is 0 Å². The Kier molecular flexibility index (Phi) is 2.14. The van der Waals surface area contributed by atoms with E-state index in [9.17, 15) is 0 Å². The Morgan fingerprint density at radius 1 is 1.50 bits per heavy atom. The normalized spacial score (nSPS) is 9.50. The predicted octanol–water partition coefficient (Wildman–Crippen LogP) is 2.45. The molecule has 0 unspecified atom stereocenters. The summed E-state index contributed by atoms with van der Waals surface area (Å²) in [6.45, 7) is 1.87. The molecule has 0 fully saturated rings. The summed E-state index contributed by atoms with van der Waals surface area (Å²) in [5.74, 6) is 0. The highest BCUT2D eigenvalue weighted by Crippen LogP contribution is 2.18. The van der Waals surface area contributed by atoms with E-state index in [0.29, 0.717) is 10.7 Å². The monoisotopic (exact) mass is 157 g/mol. The molecule has 3 heteroatoms. The molecular weight excluding hydrogens is 150 g/mol. The number of hydrogen-bond donors (Lipinski definition) is 2. The van der Waals surface area contributed by atoms with E-state index in [-0.39, 0.29) is 0 Å². The number of rotatable bonds is 1. The zero-order valence-electron chi connectivity index (χ0n) is 5.56. The SMILES string of the molecule is Cc1cc(Cl)ccc1NO. The van der Waals surface area contributed by atoms with Gasteiger partial charge in [-0.1, -0.05) is 11.6 Å². The van der Waals surface area contributed by atoms with Crippen molar-refractivity contribution in [3.63, 3.8) is 0 Å². The van der Waals surface area contributed by atoms with Crippen molar-refractivity contribution < 1.29 is 5.21 Å². The van der Waals surface area contributed by atoms with Gasteiger partial charge >= 0.3 is 0 Å². The zero-order valence-corrected chi connectivity index (χ0v) is 6.31. The second-order valence-corrected chi connectivity index (χ2v) is 2.51. The average molecular weight is 158 g/mol. The summed E-state index contributed by atoms with van der Waals surface area (Å²) < 4.78 is 0. The topological polar surface area (TPSA) is 32.3 Å². The Hall–Kier alpha value is -0.730. The van der Waals surface area contributed by atoms with E-state index in [4.69, 9.17) is 16.8 Å². The molecule has 54 valence electrons. The van der Waals surface area contributed by atoms with Crippen LogP contribution in [0.3, 0.4) is 0 Å². The third-order valence-electron chi connectivity index (χ3n) is 1.31. The number of halogens is 1. The third kappa shape index (κ3) is 1.40. The van der Waals surface area contributed by atoms with Crippen LogP contribution in [-0.4, -0.2) is 5.21 Å². The van der Waals surface area contributed by atoms with Gasteiger partial charge in [-0.3, -0.25) is 10.7 Å². The molecule has 1 rings (SSSR count). The van der Waals surface area contributed by atoms with Gasteiger partial charge < -0.3 is 0 Å². The minimum atomic E-state index is 0.677. The molecule has 0 aliphatic rings. The standard InChI is InChI=1S/C7H8ClNO/c1-5-4-6(8)2-3-7(5)9-10/h2-4,9-10H,1H3. The van der Waals surface area contributed by atoms with Crippen LogP contribution in [0, 0.1) is 6.92 Å². The van der Waals surface area contributed by atoms with Gasteiger partial charge in [0.05, 0.1) is 5.69 Å². The van der Waals surface area contributed by atoms with Gasteiger partial charge in [0.15, 0.2) is 0 Å². The molecule has 1 aromatic rings. The first kappa shape index (κ1) is 7.38. The summed E-state index contributed by atoms with van der Waals surface area (Å²) in [5.41, 5.74) is 3.67. The van der Waals surface area contributed by atoms with E-state index in [0.717, 1.165) is 5.56 Å². The summed E-state index contributed by atoms with van der Waals surface area (Å²) >= 11 is 5.66. The van der Waals surface area contributed by atoms with Gasteiger partial charge in [0, 0.05) is 5.02 Å². The molecule has 0 heterocycles. The van der Waals surface area contributed by atoms with Gasteiger partial charge in [-0.05, 0) is 30.7 Å². The van der Waals surface area contributed by atoms with Crippen molar-refractivity contribution in [2.45, 2.75) is 6.92 Å². The molecule has 2 N–H and O–H groups in total. The maximum absolute atomic E-state index is 8.52. The highest BCUT2D eigenvalue weighted by molar-refractivity contribution is 6.30. The lowest BCUT2D eigenvalue weighted by Crippen LogP contribution is -1.91. The van der Waals surface area contributed by atoms with E-state index in [1.165, 1.54) is 0 Å². The second kappa shape index (κ2) is 2.90. The number of nitrogens with one attached hydrogen (secondary N) is 1. The van der Waals surface area contributed by atoms with E-state index < -0.39 is 0 Å². The lowest BCUT2D eigenvalue weighted by Gasteiger charge is -2.02. The molecule has 1 aromatic carbocycles. The Morgan fingerprint density at radius 2 is 2.20 bits per heavy atom. The van der Waals surface area contributed by atoms with Crippen molar-refractivity contribution in [2.24, 2.45) is 0 Å². The molecule has 0 aliphatic heterocycles.